The molecule has 0 unspecified atom stereocenters. The summed E-state index contributed by atoms with van der Waals surface area (Å²) >= 11 is 0. The molecule has 7 heteroatoms. The highest BCUT2D eigenvalue weighted by molar-refractivity contribution is 6.46. The third-order valence-corrected chi connectivity index (χ3v) is 5.21. The first-order chi connectivity index (χ1) is 15.5. The monoisotopic (exact) mass is 435 g/mol. The number of nitrogens with zero attached hydrogens (tertiary/aromatic N) is 1. The number of ether oxygens (including phenoxy) is 1. The molecule has 4 rings (SSSR count). The number of hydrogen-bond acceptors (Lipinski definition) is 5. The first-order valence-corrected chi connectivity index (χ1v) is 10.3. The van der Waals surface area contributed by atoms with Crippen molar-refractivity contribution < 1.29 is 28.2 Å². The third-order valence-electron chi connectivity index (χ3n) is 5.21. The minimum Gasteiger partial charge on any atom is -0.507 e. The number of likely N-dealkylation sites (tertiary alicyclic amines) is 1. The van der Waals surface area contributed by atoms with Gasteiger partial charge in [0.2, 0.25) is 0 Å². The van der Waals surface area contributed by atoms with Gasteiger partial charge in [0.15, 0.2) is 0 Å². The molecule has 1 aliphatic rings. The fourth-order valence-electron chi connectivity index (χ4n) is 3.72. The minimum absolute atomic E-state index is 0.0441. The fraction of sp³-hybridized carbons (Fsp3) is 0.200. The highest BCUT2D eigenvalue weighted by Crippen LogP contribution is 2.41. The van der Waals surface area contributed by atoms with E-state index in [0.29, 0.717) is 23.7 Å². The van der Waals surface area contributed by atoms with Crippen molar-refractivity contribution in [2.45, 2.75) is 25.9 Å². The first-order valence-electron chi connectivity index (χ1n) is 10.3. The van der Waals surface area contributed by atoms with Crippen LogP contribution in [0.2, 0.25) is 0 Å². The van der Waals surface area contributed by atoms with Crippen molar-refractivity contribution >= 4 is 17.4 Å². The van der Waals surface area contributed by atoms with Gasteiger partial charge in [0, 0.05) is 5.56 Å². The molecule has 6 nitrogen and oxygen atoms in total. The van der Waals surface area contributed by atoms with Crippen LogP contribution in [-0.4, -0.2) is 28.3 Å². The Morgan fingerprint density at radius 3 is 2.59 bits per heavy atom. The van der Waals surface area contributed by atoms with Crippen molar-refractivity contribution in [3.63, 3.8) is 0 Å². The van der Waals surface area contributed by atoms with Crippen molar-refractivity contribution in [1.82, 2.24) is 4.90 Å². The van der Waals surface area contributed by atoms with Gasteiger partial charge in [-0.05, 0) is 60.5 Å². The zero-order chi connectivity index (χ0) is 22.7. The molecule has 1 aliphatic heterocycles. The van der Waals surface area contributed by atoms with Crippen LogP contribution in [0, 0.1) is 5.82 Å². The average molecular weight is 435 g/mol. The van der Waals surface area contributed by atoms with E-state index in [2.05, 4.69) is 0 Å². The maximum Gasteiger partial charge on any atom is 0.296 e. The van der Waals surface area contributed by atoms with Crippen LogP contribution in [0.25, 0.3) is 5.76 Å². The van der Waals surface area contributed by atoms with E-state index in [9.17, 15) is 19.1 Å². The number of Topliss-reactive ketones (excluding diaryl/α,β-unsaturated/α-hetero) is 1. The second kappa shape index (κ2) is 9.09. The number of carbonyl (C=O) groups excluding carboxylic acids is 2. The highest BCUT2D eigenvalue weighted by Gasteiger charge is 2.46. The number of aliphatic hydroxyl groups excluding tert-OH is 1. The molecule has 1 N–H and O–H groups in total. The minimum atomic E-state index is -0.865. The molecule has 0 spiro atoms. The van der Waals surface area contributed by atoms with Crippen LogP contribution < -0.4 is 4.74 Å². The number of rotatable bonds is 7. The molecular weight excluding hydrogens is 413 g/mol. The molecule has 3 aromatic rings. The SMILES string of the molecule is CCCOc1cccc([C@H]2C(=C(O)c3ccc(F)cc3)C(=O)C(=O)N2Cc2ccco2)c1. The van der Waals surface area contributed by atoms with Crippen molar-refractivity contribution in [1.29, 1.82) is 0 Å². The molecule has 0 saturated carbocycles. The molecule has 1 atom stereocenters. The van der Waals surface area contributed by atoms with E-state index in [4.69, 9.17) is 9.15 Å². The fourth-order valence-corrected chi connectivity index (χ4v) is 3.72. The van der Waals surface area contributed by atoms with Gasteiger partial charge in [-0.3, -0.25) is 9.59 Å². The molecular formula is C25H22FNO5. The summed E-state index contributed by atoms with van der Waals surface area (Å²) in [6, 6.07) is 14.7. The van der Waals surface area contributed by atoms with Gasteiger partial charge >= 0.3 is 0 Å². The number of hydrogen-bond donors (Lipinski definition) is 1. The molecule has 1 saturated heterocycles. The van der Waals surface area contributed by atoms with Crippen LogP contribution in [-0.2, 0) is 16.1 Å². The van der Waals surface area contributed by atoms with Crippen LogP contribution >= 0.6 is 0 Å². The second-order valence-corrected chi connectivity index (χ2v) is 7.43. The predicted molar refractivity (Wildman–Crippen MR) is 115 cm³/mol. The number of benzene rings is 2. The molecule has 1 fully saturated rings. The summed E-state index contributed by atoms with van der Waals surface area (Å²) in [4.78, 5) is 27.3. The van der Waals surface area contributed by atoms with Gasteiger partial charge in [-0.25, -0.2) is 4.39 Å². The molecule has 1 amide bonds. The molecule has 0 aliphatic carbocycles. The molecule has 1 aromatic heterocycles. The van der Waals surface area contributed by atoms with Gasteiger partial charge in [0.1, 0.15) is 23.1 Å². The summed E-state index contributed by atoms with van der Waals surface area (Å²) < 4.78 is 24.5. The van der Waals surface area contributed by atoms with Crippen LogP contribution in [0.3, 0.4) is 0 Å². The molecule has 0 radical (unpaired) electrons. The van der Waals surface area contributed by atoms with Crippen LogP contribution in [0.15, 0.2) is 76.9 Å². The Hall–Kier alpha value is -3.87. The van der Waals surface area contributed by atoms with Crippen molar-refractivity contribution in [2.75, 3.05) is 6.61 Å². The van der Waals surface area contributed by atoms with E-state index >= 15 is 0 Å². The zero-order valence-corrected chi connectivity index (χ0v) is 17.5. The van der Waals surface area contributed by atoms with Crippen LogP contribution in [0.4, 0.5) is 4.39 Å². The Balaban J connectivity index is 1.83. The summed E-state index contributed by atoms with van der Waals surface area (Å²) in [5, 5.41) is 11.0. The number of amides is 1. The lowest BCUT2D eigenvalue weighted by molar-refractivity contribution is -0.140. The average Bonchev–Trinajstić information content (AvgIpc) is 3.40. The van der Waals surface area contributed by atoms with E-state index in [0.717, 1.165) is 6.42 Å². The molecule has 164 valence electrons. The lowest BCUT2D eigenvalue weighted by Crippen LogP contribution is -2.29. The maximum atomic E-state index is 13.4. The van der Waals surface area contributed by atoms with Crippen molar-refractivity contribution in [3.05, 3.63) is 95.2 Å². The summed E-state index contributed by atoms with van der Waals surface area (Å²) in [5.74, 6) is -1.32. The third kappa shape index (κ3) is 4.14. The Kier molecular flexibility index (Phi) is 6.07. The lowest BCUT2D eigenvalue weighted by Gasteiger charge is -2.25. The molecule has 2 aromatic carbocycles. The number of ketones is 1. The van der Waals surface area contributed by atoms with E-state index < -0.39 is 23.5 Å². The number of furan rings is 1. The summed E-state index contributed by atoms with van der Waals surface area (Å²) in [5.41, 5.74) is 0.777. The van der Waals surface area contributed by atoms with E-state index in [1.807, 2.05) is 6.92 Å². The Bertz CT molecular complexity index is 1150. The van der Waals surface area contributed by atoms with E-state index in [-0.39, 0.29) is 23.4 Å². The summed E-state index contributed by atoms with van der Waals surface area (Å²) in [7, 11) is 0. The van der Waals surface area contributed by atoms with Gasteiger partial charge in [0.25, 0.3) is 11.7 Å². The summed E-state index contributed by atoms with van der Waals surface area (Å²) in [6.45, 7) is 2.55. The van der Waals surface area contributed by atoms with Gasteiger partial charge in [0.05, 0.1) is 31.0 Å². The Labute approximate surface area is 184 Å². The van der Waals surface area contributed by atoms with Crippen molar-refractivity contribution in [2.24, 2.45) is 0 Å². The molecule has 32 heavy (non-hydrogen) atoms. The number of aliphatic hydroxyl groups is 1. The maximum absolute atomic E-state index is 13.4. The van der Waals surface area contributed by atoms with E-state index in [1.165, 1.54) is 35.4 Å². The van der Waals surface area contributed by atoms with Crippen LogP contribution in [0.5, 0.6) is 5.75 Å². The topological polar surface area (TPSA) is 80.0 Å². The summed E-state index contributed by atoms with van der Waals surface area (Å²) in [6.07, 6.45) is 2.31. The van der Waals surface area contributed by atoms with Gasteiger partial charge in [-0.15, -0.1) is 0 Å². The second-order valence-electron chi connectivity index (χ2n) is 7.43. The Morgan fingerprint density at radius 1 is 1.12 bits per heavy atom. The zero-order valence-electron chi connectivity index (χ0n) is 17.5. The Morgan fingerprint density at radius 2 is 1.91 bits per heavy atom. The highest BCUT2D eigenvalue weighted by atomic mass is 19.1. The molecule has 2 heterocycles. The standard InChI is InChI=1S/C25H22FNO5/c1-2-12-31-19-6-3-5-17(14-19)22-21(23(28)16-8-10-18(26)11-9-16)24(29)25(30)27(22)15-20-7-4-13-32-20/h3-11,13-14,22,28H,2,12,15H2,1H3/t22-/m0/s1. The smallest absolute Gasteiger partial charge is 0.296 e. The normalized spacial score (nSPS) is 17.7. The van der Waals surface area contributed by atoms with Gasteiger partial charge < -0.3 is 19.2 Å². The van der Waals surface area contributed by atoms with Gasteiger partial charge in [-0.2, -0.15) is 0 Å². The number of carbonyl (C=O) groups is 2. The molecule has 0 bridgehead atoms. The quantitative estimate of drug-likeness (QED) is 0.327. The van der Waals surface area contributed by atoms with E-state index in [1.54, 1.807) is 36.4 Å². The number of halogens is 1. The predicted octanol–water partition coefficient (Wildman–Crippen LogP) is 4.83. The first kappa shape index (κ1) is 21.4. The van der Waals surface area contributed by atoms with Crippen LogP contribution in [0.1, 0.15) is 36.3 Å². The lowest BCUT2D eigenvalue weighted by atomic mass is 9.95. The van der Waals surface area contributed by atoms with Crippen molar-refractivity contribution in [3.8, 4) is 5.75 Å². The largest absolute Gasteiger partial charge is 0.507 e. The van der Waals surface area contributed by atoms with Gasteiger partial charge in [-0.1, -0.05) is 19.1 Å².